The Morgan fingerprint density at radius 1 is 1.16 bits per heavy atom. The van der Waals surface area contributed by atoms with E-state index in [1.54, 1.807) is 6.92 Å². The molecule has 6 heteroatoms. The molecule has 1 unspecified atom stereocenters. The second kappa shape index (κ2) is 7.27. The number of aliphatic hydroxyl groups is 1. The molecule has 3 rings (SSSR count). The molecular formula is C19H19N3O3. The molecule has 2 aromatic carbocycles. The van der Waals surface area contributed by atoms with Crippen LogP contribution in [0.15, 0.2) is 59.4 Å². The van der Waals surface area contributed by atoms with E-state index in [1.807, 2.05) is 42.5 Å². The number of aryl methyl sites for hydroxylation is 1. The average molecular weight is 337 g/mol. The van der Waals surface area contributed by atoms with Gasteiger partial charge in [-0.2, -0.15) is 5.10 Å². The van der Waals surface area contributed by atoms with Crippen LogP contribution in [-0.2, 0) is 6.54 Å². The van der Waals surface area contributed by atoms with Crippen molar-refractivity contribution in [1.29, 1.82) is 0 Å². The number of benzene rings is 2. The number of fused-ring (bicyclic) bond motifs is 1. The van der Waals surface area contributed by atoms with Gasteiger partial charge in [-0.1, -0.05) is 36.4 Å². The lowest BCUT2D eigenvalue weighted by Crippen LogP contribution is -2.31. The average Bonchev–Trinajstić information content (AvgIpc) is 2.65. The zero-order chi connectivity index (χ0) is 17.8. The quantitative estimate of drug-likeness (QED) is 0.744. The van der Waals surface area contributed by atoms with Gasteiger partial charge in [-0.15, -0.1) is 0 Å². The van der Waals surface area contributed by atoms with Gasteiger partial charge in [-0.05, 0) is 35.4 Å². The molecular weight excluding hydrogens is 318 g/mol. The summed E-state index contributed by atoms with van der Waals surface area (Å²) in [4.78, 5) is 23.7. The van der Waals surface area contributed by atoms with Crippen molar-refractivity contribution in [2.24, 2.45) is 0 Å². The van der Waals surface area contributed by atoms with Crippen LogP contribution in [0.4, 0.5) is 0 Å². The van der Waals surface area contributed by atoms with E-state index >= 15 is 0 Å². The molecule has 0 bridgehead atoms. The van der Waals surface area contributed by atoms with Crippen LogP contribution in [0.2, 0.25) is 0 Å². The molecule has 1 aromatic heterocycles. The lowest BCUT2D eigenvalue weighted by atomic mass is 10.0. The fourth-order valence-corrected chi connectivity index (χ4v) is 2.61. The topological polar surface area (TPSA) is 84.2 Å². The Morgan fingerprint density at radius 3 is 2.68 bits per heavy atom. The largest absolute Gasteiger partial charge is 0.387 e. The molecule has 128 valence electrons. The van der Waals surface area contributed by atoms with Gasteiger partial charge >= 0.3 is 0 Å². The van der Waals surface area contributed by atoms with E-state index in [4.69, 9.17) is 0 Å². The smallest absolute Gasteiger partial charge is 0.271 e. The summed E-state index contributed by atoms with van der Waals surface area (Å²) in [6, 6.07) is 16.3. The summed E-state index contributed by atoms with van der Waals surface area (Å²) in [5, 5.41) is 19.1. The Balaban J connectivity index is 1.69. The van der Waals surface area contributed by atoms with Crippen molar-refractivity contribution < 1.29 is 9.90 Å². The number of rotatable bonds is 5. The molecule has 1 atom stereocenters. The zero-order valence-electron chi connectivity index (χ0n) is 13.8. The van der Waals surface area contributed by atoms with Crippen LogP contribution < -0.4 is 10.9 Å². The van der Waals surface area contributed by atoms with Crippen LogP contribution in [0.3, 0.4) is 0 Å². The van der Waals surface area contributed by atoms with Crippen molar-refractivity contribution in [2.75, 3.05) is 6.54 Å². The fourth-order valence-electron chi connectivity index (χ4n) is 2.61. The molecule has 0 saturated heterocycles. The van der Waals surface area contributed by atoms with Crippen LogP contribution in [0.25, 0.3) is 10.8 Å². The number of carbonyl (C=O) groups excluding carboxylic acids is 1. The highest BCUT2D eigenvalue weighted by atomic mass is 16.3. The Kier molecular flexibility index (Phi) is 4.90. The number of carbonyl (C=O) groups is 1. The van der Waals surface area contributed by atoms with E-state index in [0.717, 1.165) is 16.3 Å². The van der Waals surface area contributed by atoms with Gasteiger partial charge in [-0.3, -0.25) is 9.59 Å². The first-order valence-corrected chi connectivity index (χ1v) is 8.11. The van der Waals surface area contributed by atoms with Gasteiger partial charge in [0.15, 0.2) is 0 Å². The molecule has 2 N–H and O–H groups in total. The summed E-state index contributed by atoms with van der Waals surface area (Å²) in [5.74, 6) is -0.429. The third-order valence-corrected chi connectivity index (χ3v) is 4.01. The summed E-state index contributed by atoms with van der Waals surface area (Å²) in [7, 11) is 0. The Morgan fingerprint density at radius 2 is 1.92 bits per heavy atom. The van der Waals surface area contributed by atoms with Crippen molar-refractivity contribution in [3.63, 3.8) is 0 Å². The van der Waals surface area contributed by atoms with Crippen LogP contribution in [-0.4, -0.2) is 27.3 Å². The van der Waals surface area contributed by atoms with Gasteiger partial charge in [0.2, 0.25) is 0 Å². The molecule has 25 heavy (non-hydrogen) atoms. The number of aromatic nitrogens is 2. The van der Waals surface area contributed by atoms with Gasteiger partial charge in [0, 0.05) is 19.2 Å². The predicted octanol–water partition coefficient (Wildman–Crippen LogP) is 1.88. The lowest BCUT2D eigenvalue weighted by Gasteiger charge is -2.13. The third-order valence-electron chi connectivity index (χ3n) is 4.01. The number of hydrogen-bond donors (Lipinski definition) is 2. The number of amides is 1. The van der Waals surface area contributed by atoms with Crippen molar-refractivity contribution in [1.82, 2.24) is 15.1 Å². The summed E-state index contributed by atoms with van der Waals surface area (Å²) >= 11 is 0. The molecule has 0 aliphatic carbocycles. The van der Waals surface area contributed by atoms with Gasteiger partial charge in [0.25, 0.3) is 11.5 Å². The highest BCUT2D eigenvalue weighted by Gasteiger charge is 2.13. The molecule has 0 radical (unpaired) electrons. The Bertz CT molecular complexity index is 965. The van der Waals surface area contributed by atoms with Gasteiger partial charge in [-0.25, -0.2) is 4.68 Å². The molecule has 3 aromatic rings. The molecule has 6 nitrogen and oxygen atoms in total. The molecule has 0 spiro atoms. The number of nitrogens with one attached hydrogen (secondary N) is 1. The Hall–Kier alpha value is -2.99. The minimum absolute atomic E-state index is 0.0596. The highest BCUT2D eigenvalue weighted by Crippen LogP contribution is 2.20. The number of hydrogen-bond acceptors (Lipinski definition) is 4. The minimum atomic E-state index is -0.828. The molecule has 1 heterocycles. The number of aliphatic hydroxyl groups excluding tert-OH is 1. The van der Waals surface area contributed by atoms with E-state index < -0.39 is 12.0 Å². The van der Waals surface area contributed by atoms with Gasteiger partial charge in [0.1, 0.15) is 5.69 Å². The zero-order valence-corrected chi connectivity index (χ0v) is 13.8. The molecule has 0 saturated carbocycles. The second-order valence-corrected chi connectivity index (χ2v) is 5.70. The Labute approximate surface area is 144 Å². The van der Waals surface area contributed by atoms with Crippen LogP contribution in [0.5, 0.6) is 0 Å². The second-order valence-electron chi connectivity index (χ2n) is 5.70. The van der Waals surface area contributed by atoms with Crippen LogP contribution >= 0.6 is 0 Å². The fraction of sp³-hybridized carbons (Fsp3) is 0.211. The molecule has 0 fully saturated rings. The van der Waals surface area contributed by atoms with E-state index in [1.165, 1.54) is 16.8 Å². The monoisotopic (exact) mass is 337 g/mol. The van der Waals surface area contributed by atoms with E-state index in [9.17, 15) is 14.7 Å². The summed E-state index contributed by atoms with van der Waals surface area (Å²) in [6.07, 6.45) is -0.828. The van der Waals surface area contributed by atoms with Crippen molar-refractivity contribution >= 4 is 16.7 Å². The first-order chi connectivity index (χ1) is 12.1. The molecule has 0 aliphatic rings. The van der Waals surface area contributed by atoms with Crippen molar-refractivity contribution in [2.45, 2.75) is 19.6 Å². The van der Waals surface area contributed by atoms with Crippen LogP contribution in [0, 0.1) is 0 Å². The summed E-state index contributed by atoms with van der Waals surface area (Å²) < 4.78 is 1.22. The first-order valence-electron chi connectivity index (χ1n) is 8.11. The lowest BCUT2D eigenvalue weighted by molar-refractivity contribution is 0.0909. The SMILES string of the molecule is CCn1nc(C(=O)NCC(O)c2ccc3ccccc3c2)ccc1=O. The molecule has 0 aliphatic heterocycles. The molecule has 1 amide bonds. The standard InChI is InChI=1S/C19H19N3O3/c1-2-22-18(24)10-9-16(21-22)19(25)20-12-17(23)15-8-7-13-5-3-4-6-14(13)11-15/h3-11,17,23H,2,12H2,1H3,(H,20,25). The minimum Gasteiger partial charge on any atom is -0.387 e. The highest BCUT2D eigenvalue weighted by molar-refractivity contribution is 5.92. The van der Waals surface area contributed by atoms with E-state index in [0.29, 0.717) is 6.54 Å². The normalized spacial score (nSPS) is 12.1. The number of nitrogens with zero attached hydrogens (tertiary/aromatic N) is 2. The van der Waals surface area contributed by atoms with Crippen molar-refractivity contribution in [3.8, 4) is 0 Å². The van der Waals surface area contributed by atoms with E-state index in [-0.39, 0.29) is 17.8 Å². The van der Waals surface area contributed by atoms with E-state index in [2.05, 4.69) is 10.4 Å². The van der Waals surface area contributed by atoms with Crippen molar-refractivity contribution in [3.05, 3.63) is 76.2 Å². The summed E-state index contributed by atoms with van der Waals surface area (Å²) in [6.45, 7) is 2.23. The maximum absolute atomic E-state index is 12.2. The maximum atomic E-state index is 12.2. The van der Waals surface area contributed by atoms with Crippen LogP contribution in [0.1, 0.15) is 29.1 Å². The summed E-state index contributed by atoms with van der Waals surface area (Å²) in [5.41, 5.74) is 0.618. The maximum Gasteiger partial charge on any atom is 0.271 e. The van der Waals surface area contributed by atoms with Gasteiger partial charge in [0.05, 0.1) is 6.10 Å². The van der Waals surface area contributed by atoms with Gasteiger partial charge < -0.3 is 10.4 Å². The predicted molar refractivity (Wildman–Crippen MR) is 95.4 cm³/mol. The first kappa shape index (κ1) is 16.9. The third kappa shape index (κ3) is 3.75.